The summed E-state index contributed by atoms with van der Waals surface area (Å²) in [5.74, 6) is 0.472. The number of hydrogen-bond donors (Lipinski definition) is 2. The third-order valence-corrected chi connectivity index (χ3v) is 4.32. The largest absolute Gasteiger partial charge is 0.416 e. The van der Waals surface area contributed by atoms with Gasteiger partial charge in [0, 0.05) is 25.3 Å². The molecule has 0 bridgehead atoms. The third kappa shape index (κ3) is 5.24. The Kier molecular flexibility index (Phi) is 6.51. The van der Waals surface area contributed by atoms with Crippen LogP contribution in [0.4, 0.5) is 13.2 Å². The molecule has 27 heavy (non-hydrogen) atoms. The number of nitrogens with one attached hydrogen (secondary N) is 2. The van der Waals surface area contributed by atoms with Crippen LogP contribution >= 0.6 is 0 Å². The number of aromatic nitrogens is 2. The van der Waals surface area contributed by atoms with Crippen molar-refractivity contribution in [1.29, 1.82) is 0 Å². The predicted molar refractivity (Wildman–Crippen MR) is 101 cm³/mol. The van der Waals surface area contributed by atoms with Gasteiger partial charge in [0.1, 0.15) is 0 Å². The molecule has 0 aliphatic rings. The van der Waals surface area contributed by atoms with Crippen molar-refractivity contribution in [1.82, 2.24) is 20.4 Å². The molecule has 8 heteroatoms. The Hall–Kier alpha value is -2.51. The van der Waals surface area contributed by atoms with Gasteiger partial charge in [-0.2, -0.15) is 18.3 Å². The number of benzene rings is 1. The van der Waals surface area contributed by atoms with Gasteiger partial charge in [0.15, 0.2) is 5.96 Å². The summed E-state index contributed by atoms with van der Waals surface area (Å²) in [6.07, 6.45) is -3.58. The lowest BCUT2D eigenvalue weighted by Crippen LogP contribution is -2.41. The van der Waals surface area contributed by atoms with E-state index in [1.807, 2.05) is 33.8 Å². The maximum Gasteiger partial charge on any atom is 0.416 e. The highest BCUT2D eigenvalue weighted by Gasteiger charge is 2.33. The van der Waals surface area contributed by atoms with Crippen LogP contribution in [-0.4, -0.2) is 28.8 Å². The number of hydrogen-bond acceptors (Lipinski definition) is 2. The number of guanidine groups is 1. The number of aryl methyl sites for hydroxylation is 2. The highest BCUT2D eigenvalue weighted by atomic mass is 19.4. The minimum atomic E-state index is -4.46. The quantitative estimate of drug-likeness (QED) is 0.609. The summed E-state index contributed by atoms with van der Waals surface area (Å²) in [6, 6.07) is 6.27. The number of halogens is 3. The Morgan fingerprint density at radius 1 is 1.26 bits per heavy atom. The molecule has 0 saturated carbocycles. The van der Waals surface area contributed by atoms with Gasteiger partial charge in [-0.1, -0.05) is 13.0 Å². The second-order valence-electron chi connectivity index (χ2n) is 6.56. The molecule has 0 radical (unpaired) electrons. The van der Waals surface area contributed by atoms with E-state index in [0.717, 1.165) is 23.9 Å². The van der Waals surface area contributed by atoms with Crippen molar-refractivity contribution in [3.05, 3.63) is 46.8 Å². The highest BCUT2D eigenvalue weighted by molar-refractivity contribution is 5.79. The molecule has 1 aromatic heterocycles. The zero-order valence-electron chi connectivity index (χ0n) is 16.3. The molecule has 0 aliphatic carbocycles. The van der Waals surface area contributed by atoms with Gasteiger partial charge in [-0.05, 0) is 51.0 Å². The van der Waals surface area contributed by atoms with E-state index in [1.165, 1.54) is 10.7 Å². The molecule has 1 unspecified atom stereocenters. The van der Waals surface area contributed by atoms with Crippen molar-refractivity contribution < 1.29 is 13.2 Å². The predicted octanol–water partition coefficient (Wildman–Crippen LogP) is 3.97. The zero-order chi connectivity index (χ0) is 20.2. The van der Waals surface area contributed by atoms with Gasteiger partial charge >= 0.3 is 6.18 Å². The van der Waals surface area contributed by atoms with Crippen molar-refractivity contribution in [2.75, 3.05) is 7.05 Å². The Morgan fingerprint density at radius 2 is 1.96 bits per heavy atom. The first-order valence-electron chi connectivity index (χ1n) is 8.86. The second-order valence-corrected chi connectivity index (χ2v) is 6.56. The first kappa shape index (κ1) is 20.8. The zero-order valence-corrected chi connectivity index (χ0v) is 16.3. The minimum absolute atomic E-state index is 0.0162. The van der Waals surface area contributed by atoms with Gasteiger partial charge in [-0.3, -0.25) is 4.99 Å². The lowest BCUT2D eigenvalue weighted by molar-refractivity contribution is -0.138. The van der Waals surface area contributed by atoms with Gasteiger partial charge < -0.3 is 10.6 Å². The molecular formula is C19H26F3N5. The average Bonchev–Trinajstić information content (AvgIpc) is 2.95. The molecule has 0 saturated heterocycles. The second kappa shape index (κ2) is 8.45. The number of aliphatic imine (C=N–C) groups is 1. The molecule has 1 atom stereocenters. The SMILES string of the molecule is CCC(C)NC(=NC)NCc1ccc(-n2nc(C)cc2C)cc1C(F)(F)F. The topological polar surface area (TPSA) is 54.2 Å². The lowest BCUT2D eigenvalue weighted by Gasteiger charge is -2.19. The molecule has 2 rings (SSSR count). The van der Waals surface area contributed by atoms with E-state index in [1.54, 1.807) is 13.1 Å². The summed E-state index contributed by atoms with van der Waals surface area (Å²) in [5.41, 5.74) is 1.40. The smallest absolute Gasteiger partial charge is 0.354 e. The summed E-state index contributed by atoms with van der Waals surface area (Å²) in [5, 5.41) is 10.4. The fraction of sp³-hybridized carbons (Fsp3) is 0.474. The van der Waals surface area contributed by atoms with Crippen LogP contribution in [0.2, 0.25) is 0 Å². The van der Waals surface area contributed by atoms with Crippen molar-refractivity contribution in [2.45, 2.75) is 52.9 Å². The summed E-state index contributed by atoms with van der Waals surface area (Å²) in [4.78, 5) is 4.06. The molecule has 0 aliphatic heterocycles. The van der Waals surface area contributed by atoms with E-state index >= 15 is 0 Å². The van der Waals surface area contributed by atoms with E-state index in [4.69, 9.17) is 0 Å². The lowest BCUT2D eigenvalue weighted by atomic mass is 10.1. The van der Waals surface area contributed by atoms with Crippen LogP contribution in [0.15, 0.2) is 29.3 Å². The van der Waals surface area contributed by atoms with Crippen molar-refractivity contribution in [2.24, 2.45) is 4.99 Å². The van der Waals surface area contributed by atoms with Crippen LogP contribution in [0.25, 0.3) is 5.69 Å². The number of nitrogens with zero attached hydrogens (tertiary/aromatic N) is 3. The average molecular weight is 381 g/mol. The van der Waals surface area contributed by atoms with Crippen LogP contribution in [0.5, 0.6) is 0 Å². The van der Waals surface area contributed by atoms with Gasteiger partial charge in [0.2, 0.25) is 0 Å². The van der Waals surface area contributed by atoms with Crippen LogP contribution < -0.4 is 10.6 Å². The van der Waals surface area contributed by atoms with E-state index < -0.39 is 11.7 Å². The fourth-order valence-corrected chi connectivity index (χ4v) is 2.71. The summed E-state index contributed by atoms with van der Waals surface area (Å²) in [7, 11) is 1.59. The Balaban J connectivity index is 2.30. The third-order valence-electron chi connectivity index (χ3n) is 4.32. The maximum atomic E-state index is 13.6. The van der Waals surface area contributed by atoms with Gasteiger partial charge in [0.05, 0.1) is 16.9 Å². The van der Waals surface area contributed by atoms with E-state index in [9.17, 15) is 13.2 Å². The van der Waals surface area contributed by atoms with Crippen molar-refractivity contribution in [3.63, 3.8) is 0 Å². The first-order chi connectivity index (χ1) is 12.7. The van der Waals surface area contributed by atoms with Crippen LogP contribution in [0, 0.1) is 13.8 Å². The van der Waals surface area contributed by atoms with Gasteiger partial charge in [-0.15, -0.1) is 0 Å². The molecule has 148 valence electrons. The van der Waals surface area contributed by atoms with Crippen LogP contribution in [0.1, 0.15) is 42.8 Å². The summed E-state index contributed by atoms with van der Waals surface area (Å²) >= 11 is 0. The van der Waals surface area contributed by atoms with E-state index in [-0.39, 0.29) is 18.2 Å². The van der Waals surface area contributed by atoms with Crippen LogP contribution in [0.3, 0.4) is 0 Å². The molecule has 2 aromatic rings. The normalized spacial score (nSPS) is 13.6. The molecule has 1 aromatic carbocycles. The molecule has 2 N–H and O–H groups in total. The molecule has 0 amide bonds. The highest BCUT2D eigenvalue weighted by Crippen LogP contribution is 2.33. The van der Waals surface area contributed by atoms with Crippen LogP contribution in [-0.2, 0) is 12.7 Å². The number of rotatable bonds is 5. The molecule has 0 fully saturated rings. The Labute approximate surface area is 157 Å². The molecule has 5 nitrogen and oxygen atoms in total. The standard InChI is InChI=1S/C19H26F3N5/c1-6-12(2)25-18(23-5)24-11-15-7-8-16(10-17(15)19(20,21)22)27-14(4)9-13(3)26-27/h7-10,12H,6,11H2,1-5H3,(H2,23,24,25). The van der Waals surface area contributed by atoms with Gasteiger partial charge in [0.25, 0.3) is 0 Å². The summed E-state index contributed by atoms with van der Waals surface area (Å²) in [6.45, 7) is 7.64. The first-order valence-corrected chi connectivity index (χ1v) is 8.86. The van der Waals surface area contributed by atoms with Gasteiger partial charge in [-0.25, -0.2) is 4.68 Å². The van der Waals surface area contributed by atoms with E-state index in [2.05, 4.69) is 20.7 Å². The maximum absolute atomic E-state index is 13.6. The molecule has 0 spiro atoms. The number of alkyl halides is 3. The summed E-state index contributed by atoms with van der Waals surface area (Å²) < 4.78 is 42.4. The Bertz CT molecular complexity index is 808. The molecular weight excluding hydrogens is 355 g/mol. The molecule has 1 heterocycles. The monoisotopic (exact) mass is 381 g/mol. The van der Waals surface area contributed by atoms with Crippen molar-refractivity contribution >= 4 is 5.96 Å². The fourth-order valence-electron chi connectivity index (χ4n) is 2.71. The van der Waals surface area contributed by atoms with Crippen molar-refractivity contribution in [3.8, 4) is 5.69 Å². The minimum Gasteiger partial charge on any atom is -0.354 e. The Morgan fingerprint density at radius 3 is 2.48 bits per heavy atom. The van der Waals surface area contributed by atoms with E-state index in [0.29, 0.717) is 11.6 Å².